The summed E-state index contributed by atoms with van der Waals surface area (Å²) in [5.74, 6) is 1.95. The number of H-pyrrole nitrogens is 1. The van der Waals surface area contributed by atoms with E-state index < -0.39 is 5.76 Å². The standard InChI is InChI=1S/C14H18N2O2S/c1-14(2)6-10(7-19-8-14)15-9-3-4-12-11(5-9)16-13(17)18-12/h3-5,10,15H,6-8H2,1-2H3,(H,16,17). The minimum absolute atomic E-state index is 0.384. The van der Waals surface area contributed by atoms with Gasteiger partial charge in [0.1, 0.15) is 0 Å². The zero-order valence-electron chi connectivity index (χ0n) is 11.2. The molecule has 1 unspecified atom stereocenters. The smallest absolute Gasteiger partial charge is 0.408 e. The first-order valence-corrected chi connectivity index (χ1v) is 7.64. The first kappa shape index (κ1) is 12.7. The molecule has 102 valence electrons. The molecule has 1 atom stereocenters. The Morgan fingerprint density at radius 1 is 1.47 bits per heavy atom. The molecule has 1 aromatic heterocycles. The first-order chi connectivity index (χ1) is 9.02. The number of rotatable bonds is 2. The van der Waals surface area contributed by atoms with Crippen LogP contribution in [-0.4, -0.2) is 22.5 Å². The van der Waals surface area contributed by atoms with Crippen molar-refractivity contribution < 1.29 is 4.42 Å². The molecule has 0 aliphatic carbocycles. The summed E-state index contributed by atoms with van der Waals surface area (Å²) in [5, 5.41) is 3.55. The fraction of sp³-hybridized carbons (Fsp3) is 0.500. The van der Waals surface area contributed by atoms with Crippen molar-refractivity contribution in [2.75, 3.05) is 16.8 Å². The van der Waals surface area contributed by atoms with Crippen molar-refractivity contribution in [3.63, 3.8) is 0 Å². The van der Waals surface area contributed by atoms with Gasteiger partial charge in [-0.2, -0.15) is 11.8 Å². The normalized spacial score (nSPS) is 22.5. The SMILES string of the molecule is CC1(C)CSCC(Nc2ccc3oc(=O)[nH]c3c2)C1. The van der Waals surface area contributed by atoms with Crippen molar-refractivity contribution in [2.24, 2.45) is 5.41 Å². The van der Waals surface area contributed by atoms with Crippen LogP contribution in [0, 0.1) is 5.41 Å². The molecular formula is C14H18N2O2S. The topological polar surface area (TPSA) is 58.0 Å². The van der Waals surface area contributed by atoms with E-state index in [0.717, 1.165) is 17.0 Å². The number of aromatic nitrogens is 1. The molecule has 1 aromatic carbocycles. The van der Waals surface area contributed by atoms with Gasteiger partial charge in [0, 0.05) is 17.5 Å². The third-order valence-electron chi connectivity index (χ3n) is 3.40. The summed E-state index contributed by atoms with van der Waals surface area (Å²) >= 11 is 2.00. The van der Waals surface area contributed by atoms with Gasteiger partial charge in [-0.05, 0) is 35.8 Å². The number of oxazole rings is 1. The Bertz CT molecular complexity index is 644. The van der Waals surface area contributed by atoms with Gasteiger partial charge in [0.15, 0.2) is 5.58 Å². The molecule has 0 bridgehead atoms. The van der Waals surface area contributed by atoms with Crippen molar-refractivity contribution >= 4 is 28.5 Å². The number of nitrogens with one attached hydrogen (secondary N) is 2. The lowest BCUT2D eigenvalue weighted by molar-refractivity contribution is 0.358. The summed E-state index contributed by atoms with van der Waals surface area (Å²) < 4.78 is 5.00. The van der Waals surface area contributed by atoms with Crippen LogP contribution in [0.1, 0.15) is 20.3 Å². The summed E-state index contributed by atoms with van der Waals surface area (Å²) in [5.41, 5.74) is 2.77. The van der Waals surface area contributed by atoms with Gasteiger partial charge in [0.2, 0.25) is 0 Å². The lowest BCUT2D eigenvalue weighted by Crippen LogP contribution is -2.35. The molecule has 4 nitrogen and oxygen atoms in total. The lowest BCUT2D eigenvalue weighted by Gasteiger charge is -2.35. The summed E-state index contributed by atoms with van der Waals surface area (Å²) in [4.78, 5) is 13.8. The second-order valence-electron chi connectivity index (χ2n) is 5.95. The van der Waals surface area contributed by atoms with Crippen LogP contribution in [0.25, 0.3) is 11.1 Å². The molecule has 5 heteroatoms. The van der Waals surface area contributed by atoms with E-state index >= 15 is 0 Å². The second kappa shape index (κ2) is 4.63. The molecule has 0 radical (unpaired) electrons. The monoisotopic (exact) mass is 278 g/mol. The zero-order chi connectivity index (χ0) is 13.5. The third-order valence-corrected chi connectivity index (χ3v) is 5.02. The maximum Gasteiger partial charge on any atom is 0.417 e. The Labute approximate surface area is 116 Å². The average Bonchev–Trinajstić information content (AvgIpc) is 2.67. The fourth-order valence-corrected chi connectivity index (χ4v) is 3.91. The minimum atomic E-state index is -0.401. The molecule has 0 amide bonds. The highest BCUT2D eigenvalue weighted by Crippen LogP contribution is 2.34. The molecule has 1 aliphatic rings. The van der Waals surface area contributed by atoms with Crippen LogP contribution < -0.4 is 11.1 Å². The number of benzene rings is 1. The molecule has 2 aromatic rings. The van der Waals surface area contributed by atoms with E-state index in [9.17, 15) is 4.79 Å². The van der Waals surface area contributed by atoms with Crippen LogP contribution >= 0.6 is 11.8 Å². The Morgan fingerprint density at radius 2 is 2.32 bits per heavy atom. The summed E-state index contributed by atoms with van der Waals surface area (Å²) in [6.07, 6.45) is 1.17. The minimum Gasteiger partial charge on any atom is -0.408 e. The quantitative estimate of drug-likeness (QED) is 0.886. The van der Waals surface area contributed by atoms with Gasteiger partial charge in [-0.3, -0.25) is 4.98 Å². The van der Waals surface area contributed by atoms with Gasteiger partial charge in [-0.25, -0.2) is 4.79 Å². The summed E-state index contributed by atoms with van der Waals surface area (Å²) in [6, 6.07) is 6.21. The van der Waals surface area contributed by atoms with E-state index in [1.807, 2.05) is 30.0 Å². The number of aromatic amines is 1. The number of thioether (sulfide) groups is 1. The molecule has 1 aliphatic heterocycles. The molecule has 2 N–H and O–H groups in total. The van der Waals surface area contributed by atoms with Crippen LogP contribution in [0.3, 0.4) is 0 Å². The number of fused-ring (bicyclic) bond motifs is 1. The van der Waals surface area contributed by atoms with Crippen molar-refractivity contribution in [1.82, 2.24) is 4.98 Å². The predicted octanol–water partition coefficient (Wildman–Crippen LogP) is 3.06. The van der Waals surface area contributed by atoms with Gasteiger partial charge in [-0.15, -0.1) is 0 Å². The molecule has 2 heterocycles. The van der Waals surface area contributed by atoms with Crippen molar-refractivity contribution in [3.05, 3.63) is 28.7 Å². The largest absolute Gasteiger partial charge is 0.417 e. The van der Waals surface area contributed by atoms with Gasteiger partial charge in [0.25, 0.3) is 0 Å². The molecule has 1 saturated heterocycles. The molecule has 0 spiro atoms. The van der Waals surface area contributed by atoms with Crippen LogP contribution in [0.2, 0.25) is 0 Å². The molecule has 0 saturated carbocycles. The number of hydrogen-bond donors (Lipinski definition) is 2. The van der Waals surface area contributed by atoms with Gasteiger partial charge >= 0.3 is 5.76 Å². The average molecular weight is 278 g/mol. The van der Waals surface area contributed by atoms with Gasteiger partial charge in [-0.1, -0.05) is 13.8 Å². The Morgan fingerprint density at radius 3 is 3.11 bits per heavy atom. The highest BCUT2D eigenvalue weighted by molar-refractivity contribution is 7.99. The Hall–Kier alpha value is -1.36. The first-order valence-electron chi connectivity index (χ1n) is 6.49. The van der Waals surface area contributed by atoms with Crippen molar-refractivity contribution in [1.29, 1.82) is 0 Å². The van der Waals surface area contributed by atoms with Crippen LogP contribution in [0.5, 0.6) is 0 Å². The molecule has 3 rings (SSSR count). The number of anilines is 1. The maximum atomic E-state index is 11.1. The molecule has 1 fully saturated rings. The van der Waals surface area contributed by atoms with E-state index in [2.05, 4.69) is 24.1 Å². The van der Waals surface area contributed by atoms with E-state index in [4.69, 9.17) is 4.42 Å². The van der Waals surface area contributed by atoms with Crippen LogP contribution in [-0.2, 0) is 0 Å². The van der Waals surface area contributed by atoms with E-state index in [0.29, 0.717) is 17.0 Å². The Balaban J connectivity index is 1.79. The van der Waals surface area contributed by atoms with Crippen LogP contribution in [0.4, 0.5) is 5.69 Å². The van der Waals surface area contributed by atoms with E-state index in [1.165, 1.54) is 12.2 Å². The third kappa shape index (κ3) is 2.81. The van der Waals surface area contributed by atoms with Crippen LogP contribution in [0.15, 0.2) is 27.4 Å². The lowest BCUT2D eigenvalue weighted by atomic mass is 9.88. The second-order valence-corrected chi connectivity index (χ2v) is 6.98. The zero-order valence-corrected chi connectivity index (χ0v) is 12.0. The Kier molecular flexibility index (Phi) is 3.09. The fourth-order valence-electron chi connectivity index (χ4n) is 2.63. The van der Waals surface area contributed by atoms with E-state index in [-0.39, 0.29) is 0 Å². The maximum absolute atomic E-state index is 11.1. The summed E-state index contributed by atoms with van der Waals surface area (Å²) in [6.45, 7) is 4.62. The number of hydrogen-bond acceptors (Lipinski definition) is 4. The van der Waals surface area contributed by atoms with Gasteiger partial charge in [0.05, 0.1) is 5.52 Å². The van der Waals surface area contributed by atoms with Gasteiger partial charge < -0.3 is 9.73 Å². The van der Waals surface area contributed by atoms with Crippen molar-refractivity contribution in [3.8, 4) is 0 Å². The highest BCUT2D eigenvalue weighted by Gasteiger charge is 2.28. The molecular weight excluding hydrogens is 260 g/mol. The van der Waals surface area contributed by atoms with Crippen molar-refractivity contribution in [2.45, 2.75) is 26.3 Å². The summed E-state index contributed by atoms with van der Waals surface area (Å²) in [7, 11) is 0. The predicted molar refractivity (Wildman–Crippen MR) is 80.0 cm³/mol. The highest BCUT2D eigenvalue weighted by atomic mass is 32.2. The molecule has 19 heavy (non-hydrogen) atoms. The van der Waals surface area contributed by atoms with E-state index in [1.54, 1.807) is 0 Å².